The molecule has 3 amide bonds. The zero-order valence-corrected chi connectivity index (χ0v) is 18.7. The molecule has 0 aliphatic heterocycles. The molecule has 0 aromatic heterocycles. The smallest absolute Gasteiger partial charge is 0.271 e. The van der Waals surface area contributed by atoms with E-state index in [1.165, 1.54) is 20.1 Å². The molecule has 172 valence electrons. The summed E-state index contributed by atoms with van der Waals surface area (Å²) in [4.78, 5) is 34.4. The van der Waals surface area contributed by atoms with Crippen molar-refractivity contribution in [3.8, 4) is 0 Å². The molecule has 3 rings (SSSR count). The molecule has 9 nitrogen and oxygen atoms in total. The van der Waals surface area contributed by atoms with E-state index in [-0.39, 0.29) is 17.7 Å². The van der Waals surface area contributed by atoms with E-state index < -0.39 is 0 Å². The molecule has 0 bridgehead atoms. The SMILES string of the molecule is CC(=O)Nc1ccc(/C=N/NC(=O)c2ccc(N/N=C/c3ccc(NC(C)=O)cc3)cc2)cc1. The minimum Gasteiger partial charge on any atom is -0.326 e. The van der Waals surface area contributed by atoms with Gasteiger partial charge in [0.05, 0.1) is 18.1 Å². The van der Waals surface area contributed by atoms with Crippen LogP contribution in [-0.4, -0.2) is 30.2 Å². The van der Waals surface area contributed by atoms with Crippen LogP contribution in [0, 0.1) is 0 Å². The maximum absolute atomic E-state index is 12.3. The zero-order valence-electron chi connectivity index (χ0n) is 18.7. The Hall–Kier alpha value is -4.79. The van der Waals surface area contributed by atoms with Gasteiger partial charge in [-0.05, 0) is 59.7 Å². The number of hydrogen-bond acceptors (Lipinski definition) is 6. The molecule has 0 heterocycles. The highest BCUT2D eigenvalue weighted by molar-refractivity contribution is 5.95. The number of rotatable bonds is 8. The van der Waals surface area contributed by atoms with Crippen LogP contribution >= 0.6 is 0 Å². The summed E-state index contributed by atoms with van der Waals surface area (Å²) < 4.78 is 0. The van der Waals surface area contributed by atoms with Crippen LogP contribution < -0.4 is 21.5 Å². The molecule has 0 fully saturated rings. The van der Waals surface area contributed by atoms with Crippen molar-refractivity contribution in [2.45, 2.75) is 13.8 Å². The summed E-state index contributed by atoms with van der Waals surface area (Å²) >= 11 is 0. The summed E-state index contributed by atoms with van der Waals surface area (Å²) in [7, 11) is 0. The number of hydrogen-bond donors (Lipinski definition) is 4. The normalized spacial score (nSPS) is 10.8. The summed E-state index contributed by atoms with van der Waals surface area (Å²) in [6, 6.07) is 21.1. The molecule has 0 aliphatic rings. The summed E-state index contributed by atoms with van der Waals surface area (Å²) in [6.07, 6.45) is 3.17. The molecule has 0 aliphatic carbocycles. The van der Waals surface area contributed by atoms with E-state index in [2.05, 4.69) is 31.7 Å². The van der Waals surface area contributed by atoms with Gasteiger partial charge in [0, 0.05) is 30.8 Å². The molecule has 0 unspecified atom stereocenters. The lowest BCUT2D eigenvalue weighted by atomic mass is 10.2. The number of hydrazone groups is 2. The molecule has 0 radical (unpaired) electrons. The van der Waals surface area contributed by atoms with Crippen LogP contribution in [0.5, 0.6) is 0 Å². The van der Waals surface area contributed by atoms with Crippen molar-refractivity contribution in [3.63, 3.8) is 0 Å². The maximum Gasteiger partial charge on any atom is 0.271 e. The van der Waals surface area contributed by atoms with Crippen molar-refractivity contribution in [3.05, 3.63) is 89.5 Å². The van der Waals surface area contributed by atoms with Gasteiger partial charge in [-0.15, -0.1) is 0 Å². The third-order valence-corrected chi connectivity index (χ3v) is 4.40. The average Bonchev–Trinajstić information content (AvgIpc) is 2.81. The maximum atomic E-state index is 12.3. The number of amides is 3. The van der Waals surface area contributed by atoms with Gasteiger partial charge < -0.3 is 10.6 Å². The number of carbonyl (C=O) groups excluding carboxylic acids is 3. The highest BCUT2D eigenvalue weighted by Crippen LogP contribution is 2.11. The lowest BCUT2D eigenvalue weighted by Gasteiger charge is -2.04. The molecule has 3 aromatic rings. The Morgan fingerprint density at radius 1 is 0.618 bits per heavy atom. The first-order valence-corrected chi connectivity index (χ1v) is 10.4. The highest BCUT2D eigenvalue weighted by Gasteiger charge is 2.04. The third kappa shape index (κ3) is 7.72. The predicted molar refractivity (Wildman–Crippen MR) is 134 cm³/mol. The molecule has 4 N–H and O–H groups in total. The van der Waals surface area contributed by atoms with Gasteiger partial charge in [-0.2, -0.15) is 10.2 Å². The van der Waals surface area contributed by atoms with Crippen LogP contribution in [0.3, 0.4) is 0 Å². The van der Waals surface area contributed by atoms with Crippen LogP contribution in [-0.2, 0) is 9.59 Å². The first-order valence-electron chi connectivity index (χ1n) is 10.4. The minimum absolute atomic E-state index is 0.124. The molecule has 34 heavy (non-hydrogen) atoms. The Morgan fingerprint density at radius 3 is 1.53 bits per heavy atom. The molecule has 3 aromatic carbocycles. The fourth-order valence-corrected chi connectivity index (χ4v) is 2.82. The van der Waals surface area contributed by atoms with Gasteiger partial charge >= 0.3 is 0 Å². The standard InChI is InChI=1S/C25H24N6O3/c1-17(32)28-22-9-3-19(4-10-22)15-26-30-24-13-7-21(8-14-24)25(34)31-27-16-20-5-11-23(12-6-20)29-18(2)33/h3-16,30H,1-2H3,(H,28,32)(H,29,33)(H,31,34)/b26-15+,27-16+. The summed E-state index contributed by atoms with van der Waals surface area (Å²) in [5.41, 5.74) is 9.58. The van der Waals surface area contributed by atoms with E-state index >= 15 is 0 Å². The minimum atomic E-state index is -0.347. The second kappa shape index (κ2) is 11.7. The summed E-state index contributed by atoms with van der Waals surface area (Å²) in [5.74, 6) is -0.613. The first-order chi connectivity index (χ1) is 16.4. The van der Waals surface area contributed by atoms with Crippen molar-refractivity contribution in [2.24, 2.45) is 10.2 Å². The fraction of sp³-hybridized carbons (Fsp3) is 0.0800. The molecular weight excluding hydrogens is 432 g/mol. The molecule has 9 heteroatoms. The van der Waals surface area contributed by atoms with Crippen molar-refractivity contribution in [1.29, 1.82) is 0 Å². The Bertz CT molecular complexity index is 1200. The van der Waals surface area contributed by atoms with Gasteiger partial charge in [0.25, 0.3) is 5.91 Å². The largest absolute Gasteiger partial charge is 0.326 e. The van der Waals surface area contributed by atoms with Crippen LogP contribution in [0.1, 0.15) is 35.3 Å². The van der Waals surface area contributed by atoms with Gasteiger partial charge in [-0.3, -0.25) is 19.8 Å². The number of benzene rings is 3. The van der Waals surface area contributed by atoms with E-state index in [0.29, 0.717) is 16.9 Å². The summed E-state index contributed by atoms with van der Waals surface area (Å²) in [6.45, 7) is 2.90. The van der Waals surface area contributed by atoms with Gasteiger partial charge in [0.1, 0.15) is 0 Å². The predicted octanol–water partition coefficient (Wildman–Crippen LogP) is 3.81. The average molecular weight is 457 g/mol. The Balaban J connectivity index is 1.48. The quantitative estimate of drug-likeness (QED) is 0.304. The van der Waals surface area contributed by atoms with E-state index in [9.17, 15) is 14.4 Å². The first kappa shape index (κ1) is 23.9. The molecule has 0 spiro atoms. The van der Waals surface area contributed by atoms with Crippen molar-refractivity contribution in [1.82, 2.24) is 5.43 Å². The monoisotopic (exact) mass is 456 g/mol. The van der Waals surface area contributed by atoms with E-state index in [0.717, 1.165) is 16.8 Å². The third-order valence-electron chi connectivity index (χ3n) is 4.40. The zero-order chi connectivity index (χ0) is 24.3. The summed E-state index contributed by atoms with van der Waals surface area (Å²) in [5, 5.41) is 13.5. The molecule has 0 saturated heterocycles. The second-order valence-corrected chi connectivity index (χ2v) is 7.25. The van der Waals surface area contributed by atoms with E-state index in [1.54, 1.807) is 66.9 Å². The second-order valence-electron chi connectivity index (χ2n) is 7.25. The number of nitrogens with one attached hydrogen (secondary N) is 4. The number of nitrogens with zero attached hydrogens (tertiary/aromatic N) is 2. The Kier molecular flexibility index (Phi) is 8.23. The van der Waals surface area contributed by atoms with Gasteiger partial charge in [0.15, 0.2) is 0 Å². The van der Waals surface area contributed by atoms with Crippen LogP contribution in [0.25, 0.3) is 0 Å². The van der Waals surface area contributed by atoms with Gasteiger partial charge in [-0.25, -0.2) is 5.43 Å². The van der Waals surface area contributed by atoms with Crippen LogP contribution in [0.2, 0.25) is 0 Å². The van der Waals surface area contributed by atoms with Crippen molar-refractivity contribution in [2.75, 3.05) is 16.1 Å². The van der Waals surface area contributed by atoms with Gasteiger partial charge in [0.2, 0.25) is 11.8 Å². The Morgan fingerprint density at radius 2 is 1.06 bits per heavy atom. The number of carbonyl (C=O) groups is 3. The van der Waals surface area contributed by atoms with Crippen LogP contribution in [0.15, 0.2) is 83.0 Å². The number of anilines is 3. The lowest BCUT2D eigenvalue weighted by molar-refractivity contribution is -0.115. The van der Waals surface area contributed by atoms with Crippen molar-refractivity contribution >= 4 is 47.2 Å². The van der Waals surface area contributed by atoms with Crippen molar-refractivity contribution < 1.29 is 14.4 Å². The topological polar surface area (TPSA) is 124 Å². The Labute approximate surface area is 197 Å². The van der Waals surface area contributed by atoms with Crippen LogP contribution in [0.4, 0.5) is 17.1 Å². The van der Waals surface area contributed by atoms with E-state index in [4.69, 9.17) is 0 Å². The molecular formula is C25H24N6O3. The van der Waals surface area contributed by atoms with Gasteiger partial charge in [-0.1, -0.05) is 24.3 Å². The molecule has 0 saturated carbocycles. The lowest BCUT2D eigenvalue weighted by Crippen LogP contribution is -2.17. The molecule has 0 atom stereocenters. The fourth-order valence-electron chi connectivity index (χ4n) is 2.82. The highest BCUT2D eigenvalue weighted by atomic mass is 16.2. The van der Waals surface area contributed by atoms with E-state index in [1.807, 2.05) is 12.1 Å².